The SMILES string of the molecule is Cc1cn(C)c(=O)n(-c2ccc(C[C@H](NC(=O)c3cc(F)c(NS(=O)(=O)c4ccc(NC(=O)C(C)(C)C)cc4)cc3F)C(=O)OC(C)C)cn2)c1=O. The Labute approximate surface area is 297 Å². The Morgan fingerprint density at radius 1 is 0.981 bits per heavy atom. The first-order valence-corrected chi connectivity index (χ1v) is 17.4. The van der Waals surface area contributed by atoms with E-state index in [1.807, 2.05) is 4.72 Å². The van der Waals surface area contributed by atoms with Gasteiger partial charge in [-0.3, -0.25) is 19.1 Å². The Bertz CT molecular complexity index is 2210. The first-order chi connectivity index (χ1) is 24.2. The van der Waals surface area contributed by atoms with Crippen molar-refractivity contribution < 1.29 is 36.3 Å². The van der Waals surface area contributed by atoms with E-state index in [1.54, 1.807) is 41.5 Å². The van der Waals surface area contributed by atoms with Gasteiger partial charge in [0.2, 0.25) is 5.91 Å². The molecule has 0 saturated heterocycles. The molecular formula is C35H38F2N6O8S. The monoisotopic (exact) mass is 740 g/mol. The predicted molar refractivity (Wildman–Crippen MR) is 188 cm³/mol. The number of sulfonamides is 1. The maximum atomic E-state index is 15.3. The highest BCUT2D eigenvalue weighted by atomic mass is 32.2. The summed E-state index contributed by atoms with van der Waals surface area (Å²) in [5.41, 5.74) is -2.54. The number of aromatic nitrogens is 3. The van der Waals surface area contributed by atoms with Gasteiger partial charge >= 0.3 is 11.7 Å². The van der Waals surface area contributed by atoms with Crippen LogP contribution in [0.15, 0.2) is 75.4 Å². The molecule has 52 heavy (non-hydrogen) atoms. The summed E-state index contributed by atoms with van der Waals surface area (Å²) in [7, 11) is -2.96. The average molecular weight is 741 g/mol. The van der Waals surface area contributed by atoms with E-state index in [4.69, 9.17) is 4.74 Å². The van der Waals surface area contributed by atoms with Gasteiger partial charge in [-0.2, -0.15) is 0 Å². The van der Waals surface area contributed by atoms with Gasteiger partial charge in [0, 0.05) is 48.6 Å². The molecule has 2 amide bonds. The van der Waals surface area contributed by atoms with Crippen molar-refractivity contribution >= 4 is 39.2 Å². The maximum absolute atomic E-state index is 15.3. The number of hydrogen-bond acceptors (Lipinski definition) is 9. The van der Waals surface area contributed by atoms with Gasteiger partial charge in [-0.25, -0.2) is 36.3 Å². The number of ether oxygens (including phenoxy) is 1. The number of nitrogens with one attached hydrogen (secondary N) is 3. The number of nitrogens with zero attached hydrogens (tertiary/aromatic N) is 3. The van der Waals surface area contributed by atoms with Gasteiger partial charge < -0.3 is 19.9 Å². The lowest BCUT2D eigenvalue weighted by molar-refractivity contribution is -0.149. The molecule has 3 N–H and O–H groups in total. The van der Waals surface area contributed by atoms with Gasteiger partial charge in [-0.1, -0.05) is 26.8 Å². The normalized spacial score (nSPS) is 12.3. The van der Waals surface area contributed by atoms with Crippen LogP contribution >= 0.6 is 0 Å². The minimum atomic E-state index is -4.44. The van der Waals surface area contributed by atoms with Crippen molar-refractivity contribution in [2.24, 2.45) is 12.5 Å². The number of rotatable bonds is 11. The molecule has 0 spiro atoms. The molecule has 0 radical (unpaired) electrons. The van der Waals surface area contributed by atoms with Gasteiger partial charge in [0.15, 0.2) is 0 Å². The van der Waals surface area contributed by atoms with Crippen LogP contribution in [0, 0.1) is 24.0 Å². The molecule has 0 fully saturated rings. The summed E-state index contributed by atoms with van der Waals surface area (Å²) in [6.07, 6.45) is 1.84. The molecule has 0 aliphatic rings. The Morgan fingerprint density at radius 2 is 1.63 bits per heavy atom. The van der Waals surface area contributed by atoms with E-state index in [9.17, 15) is 32.4 Å². The van der Waals surface area contributed by atoms with E-state index < -0.39 is 73.6 Å². The third-order valence-corrected chi connectivity index (χ3v) is 8.87. The van der Waals surface area contributed by atoms with Crippen molar-refractivity contribution in [3.05, 3.63) is 110 Å². The molecule has 4 rings (SSSR count). The van der Waals surface area contributed by atoms with Gasteiger partial charge in [0.05, 0.1) is 22.3 Å². The summed E-state index contributed by atoms with van der Waals surface area (Å²) < 4.78 is 65.7. The zero-order chi connectivity index (χ0) is 38.7. The van der Waals surface area contributed by atoms with Crippen LogP contribution in [-0.2, 0) is 37.8 Å². The minimum absolute atomic E-state index is 0.0123. The average Bonchev–Trinajstić information content (AvgIpc) is 3.05. The quantitative estimate of drug-likeness (QED) is 0.193. The molecule has 276 valence electrons. The number of carbonyl (C=O) groups excluding carboxylic acids is 3. The minimum Gasteiger partial charge on any atom is -0.461 e. The molecule has 0 unspecified atom stereocenters. The van der Waals surface area contributed by atoms with Crippen LogP contribution in [0.5, 0.6) is 0 Å². The standard InChI is InChI=1S/C35H38F2N6O8S/c1-19(2)51-32(46)28(14-21-8-13-29(38-17-21)43-31(45)20(3)18-42(7)34(43)48)40-30(44)24-15-26(37)27(16-25(24)36)41-52(49,50)23-11-9-22(10-12-23)39-33(47)35(4,5)6/h8-13,15-19,28,41H,14H2,1-7H3,(H,39,47)(H,40,44)/t28-/m0/s1. The smallest absolute Gasteiger partial charge is 0.336 e. The van der Waals surface area contributed by atoms with E-state index >= 15 is 8.78 Å². The highest BCUT2D eigenvalue weighted by molar-refractivity contribution is 7.92. The van der Waals surface area contributed by atoms with Crippen LogP contribution in [0.1, 0.15) is 56.1 Å². The second-order valence-electron chi connectivity index (χ2n) is 13.2. The molecule has 14 nitrogen and oxygen atoms in total. The van der Waals surface area contributed by atoms with Gasteiger partial charge in [0.25, 0.3) is 21.5 Å². The molecule has 0 aliphatic carbocycles. The van der Waals surface area contributed by atoms with Crippen LogP contribution in [0.25, 0.3) is 5.82 Å². The van der Waals surface area contributed by atoms with Crippen LogP contribution in [0.2, 0.25) is 0 Å². The number of benzene rings is 2. The molecule has 0 aliphatic heterocycles. The summed E-state index contributed by atoms with van der Waals surface area (Å²) in [4.78, 5) is 67.5. The van der Waals surface area contributed by atoms with E-state index in [0.29, 0.717) is 28.9 Å². The van der Waals surface area contributed by atoms with Crippen molar-refractivity contribution in [2.75, 3.05) is 10.0 Å². The van der Waals surface area contributed by atoms with E-state index in [1.165, 1.54) is 60.4 Å². The molecule has 0 bridgehead atoms. The van der Waals surface area contributed by atoms with Crippen molar-refractivity contribution in [3.8, 4) is 5.82 Å². The molecule has 2 heterocycles. The molecule has 2 aromatic heterocycles. The summed E-state index contributed by atoms with van der Waals surface area (Å²) >= 11 is 0. The topological polar surface area (TPSA) is 188 Å². The van der Waals surface area contributed by atoms with Gasteiger partial charge in [-0.15, -0.1) is 0 Å². The summed E-state index contributed by atoms with van der Waals surface area (Å²) in [6, 6.07) is 7.39. The highest BCUT2D eigenvalue weighted by Gasteiger charge is 2.28. The lowest BCUT2D eigenvalue weighted by Gasteiger charge is -2.20. The van der Waals surface area contributed by atoms with E-state index in [-0.39, 0.29) is 23.0 Å². The molecule has 4 aromatic rings. The van der Waals surface area contributed by atoms with E-state index in [0.717, 1.165) is 4.57 Å². The fourth-order valence-electron chi connectivity index (χ4n) is 4.71. The van der Waals surface area contributed by atoms with Crippen LogP contribution in [-0.4, -0.2) is 52.5 Å². The zero-order valence-electron chi connectivity index (χ0n) is 29.4. The Kier molecular flexibility index (Phi) is 11.5. The van der Waals surface area contributed by atoms with Crippen molar-refractivity contribution in [2.45, 2.75) is 65.0 Å². The van der Waals surface area contributed by atoms with Crippen LogP contribution in [0.3, 0.4) is 0 Å². The number of pyridine rings is 1. The molecule has 0 saturated carbocycles. The molecule has 2 aromatic carbocycles. The van der Waals surface area contributed by atoms with Crippen LogP contribution < -0.4 is 26.6 Å². The largest absolute Gasteiger partial charge is 0.461 e. The summed E-state index contributed by atoms with van der Waals surface area (Å²) in [5.74, 6) is -4.98. The van der Waals surface area contributed by atoms with Gasteiger partial charge in [0.1, 0.15) is 23.5 Å². The van der Waals surface area contributed by atoms with E-state index in [2.05, 4.69) is 15.6 Å². The second kappa shape index (κ2) is 15.3. The first kappa shape index (κ1) is 39.1. The summed E-state index contributed by atoms with van der Waals surface area (Å²) in [6.45, 7) is 9.79. The molecular weight excluding hydrogens is 702 g/mol. The Morgan fingerprint density at radius 3 is 2.21 bits per heavy atom. The Balaban J connectivity index is 1.53. The number of aryl methyl sites for hydroxylation is 2. The number of hydrogen-bond donors (Lipinski definition) is 3. The maximum Gasteiger partial charge on any atom is 0.336 e. The second-order valence-corrected chi connectivity index (χ2v) is 14.9. The number of amides is 2. The first-order valence-electron chi connectivity index (χ1n) is 15.9. The summed E-state index contributed by atoms with van der Waals surface area (Å²) in [5, 5.41) is 4.98. The Hall–Kier alpha value is -5.71. The van der Waals surface area contributed by atoms with Crippen molar-refractivity contribution in [3.63, 3.8) is 0 Å². The van der Waals surface area contributed by atoms with Crippen LogP contribution in [0.4, 0.5) is 20.2 Å². The fourth-order valence-corrected chi connectivity index (χ4v) is 5.77. The molecule has 1 atom stereocenters. The predicted octanol–water partition coefficient (Wildman–Crippen LogP) is 3.60. The fraction of sp³-hybridized carbons (Fsp3) is 0.314. The third kappa shape index (κ3) is 9.14. The van der Waals surface area contributed by atoms with Crippen molar-refractivity contribution in [1.82, 2.24) is 19.4 Å². The molecule has 17 heteroatoms. The highest BCUT2D eigenvalue weighted by Crippen LogP contribution is 2.25. The number of halogens is 2. The van der Waals surface area contributed by atoms with Crippen molar-refractivity contribution in [1.29, 1.82) is 0 Å². The number of carbonyl (C=O) groups is 3. The lowest BCUT2D eigenvalue weighted by Crippen LogP contribution is -2.44. The van der Waals surface area contributed by atoms with Gasteiger partial charge in [-0.05, 0) is 62.7 Å². The number of esters is 1. The third-order valence-electron chi connectivity index (χ3n) is 7.49. The zero-order valence-corrected chi connectivity index (χ0v) is 30.2. The lowest BCUT2D eigenvalue weighted by atomic mass is 9.95. The number of anilines is 2.